The first kappa shape index (κ1) is 11.4. The van der Waals surface area contributed by atoms with Crippen molar-refractivity contribution >= 4 is 23.0 Å². The van der Waals surface area contributed by atoms with Gasteiger partial charge in [-0.15, -0.1) is 0 Å². The van der Waals surface area contributed by atoms with Crippen molar-refractivity contribution in [3.05, 3.63) is 30.3 Å². The lowest BCUT2D eigenvalue weighted by molar-refractivity contribution is 0.186. The summed E-state index contributed by atoms with van der Waals surface area (Å²) >= 11 is 5.21. The number of anilines is 1. The van der Waals surface area contributed by atoms with E-state index in [1.54, 1.807) is 0 Å². The molecule has 2 rings (SSSR count). The van der Waals surface area contributed by atoms with Gasteiger partial charge >= 0.3 is 0 Å². The summed E-state index contributed by atoms with van der Waals surface area (Å²) < 4.78 is 5.30. The Morgan fingerprint density at radius 1 is 1.38 bits per heavy atom. The fraction of sp³-hybridized carbons (Fsp3) is 0.417. The van der Waals surface area contributed by atoms with Crippen LogP contribution in [0, 0.1) is 5.92 Å². The van der Waals surface area contributed by atoms with Crippen molar-refractivity contribution in [2.24, 2.45) is 5.92 Å². The Morgan fingerprint density at radius 2 is 2.19 bits per heavy atom. The SMILES string of the molecule is S=C(NCC1CCOC1)Nc1ccccc1. The third-order valence-electron chi connectivity index (χ3n) is 2.61. The Kier molecular flexibility index (Phi) is 4.13. The number of nitrogens with one attached hydrogen (secondary N) is 2. The summed E-state index contributed by atoms with van der Waals surface area (Å²) in [6.07, 6.45) is 1.13. The molecule has 1 heterocycles. The molecule has 2 N–H and O–H groups in total. The molecule has 4 heteroatoms. The third kappa shape index (κ3) is 3.47. The Balaban J connectivity index is 1.72. The average Bonchev–Trinajstić information content (AvgIpc) is 2.81. The minimum atomic E-state index is 0.593. The van der Waals surface area contributed by atoms with Crippen LogP contribution in [0.3, 0.4) is 0 Å². The highest BCUT2D eigenvalue weighted by molar-refractivity contribution is 7.80. The van der Waals surface area contributed by atoms with E-state index in [9.17, 15) is 0 Å². The van der Waals surface area contributed by atoms with Gasteiger partial charge in [0.05, 0.1) is 6.61 Å². The van der Waals surface area contributed by atoms with Crippen molar-refractivity contribution in [2.45, 2.75) is 6.42 Å². The number of hydrogen-bond donors (Lipinski definition) is 2. The van der Waals surface area contributed by atoms with Crippen LogP contribution >= 0.6 is 12.2 Å². The molecule has 1 aromatic rings. The zero-order chi connectivity index (χ0) is 11.2. The van der Waals surface area contributed by atoms with Crippen LogP contribution in [0.1, 0.15) is 6.42 Å². The van der Waals surface area contributed by atoms with Crippen molar-refractivity contribution < 1.29 is 4.74 Å². The van der Waals surface area contributed by atoms with Gasteiger partial charge in [-0.1, -0.05) is 18.2 Å². The van der Waals surface area contributed by atoms with Crippen LogP contribution in [0.2, 0.25) is 0 Å². The minimum Gasteiger partial charge on any atom is -0.381 e. The maximum absolute atomic E-state index is 5.30. The Bertz CT molecular complexity index is 336. The summed E-state index contributed by atoms with van der Waals surface area (Å²) in [6, 6.07) is 9.93. The van der Waals surface area contributed by atoms with Gasteiger partial charge in [0, 0.05) is 24.8 Å². The van der Waals surface area contributed by atoms with Gasteiger partial charge in [0.25, 0.3) is 0 Å². The molecule has 1 aliphatic rings. The van der Waals surface area contributed by atoms with E-state index in [1.165, 1.54) is 0 Å². The molecule has 0 radical (unpaired) electrons. The smallest absolute Gasteiger partial charge is 0.170 e. The molecule has 1 saturated heterocycles. The van der Waals surface area contributed by atoms with Crippen LogP contribution in [-0.2, 0) is 4.74 Å². The normalized spacial score (nSPS) is 19.4. The van der Waals surface area contributed by atoms with E-state index >= 15 is 0 Å². The highest BCUT2D eigenvalue weighted by atomic mass is 32.1. The van der Waals surface area contributed by atoms with Gasteiger partial charge in [-0.3, -0.25) is 0 Å². The van der Waals surface area contributed by atoms with Gasteiger partial charge < -0.3 is 15.4 Å². The van der Waals surface area contributed by atoms with Gasteiger partial charge in [-0.2, -0.15) is 0 Å². The summed E-state index contributed by atoms with van der Waals surface area (Å²) in [5.41, 5.74) is 1.02. The molecular weight excluding hydrogens is 220 g/mol. The fourth-order valence-corrected chi connectivity index (χ4v) is 1.88. The summed E-state index contributed by atoms with van der Waals surface area (Å²) in [6.45, 7) is 2.62. The molecule has 0 bridgehead atoms. The van der Waals surface area contributed by atoms with Crippen molar-refractivity contribution in [1.82, 2.24) is 5.32 Å². The van der Waals surface area contributed by atoms with Gasteiger partial charge in [0.2, 0.25) is 0 Å². The number of rotatable bonds is 3. The maximum atomic E-state index is 5.30. The van der Waals surface area contributed by atoms with Crippen LogP contribution in [-0.4, -0.2) is 24.9 Å². The van der Waals surface area contributed by atoms with E-state index in [0.717, 1.165) is 31.9 Å². The second-order valence-corrected chi connectivity index (χ2v) is 4.34. The molecular formula is C12H16N2OS. The first-order valence-electron chi connectivity index (χ1n) is 5.52. The minimum absolute atomic E-state index is 0.593. The second-order valence-electron chi connectivity index (χ2n) is 3.93. The molecule has 0 saturated carbocycles. The lowest BCUT2D eigenvalue weighted by atomic mass is 10.1. The van der Waals surface area contributed by atoms with Crippen LogP contribution < -0.4 is 10.6 Å². The van der Waals surface area contributed by atoms with E-state index < -0.39 is 0 Å². The molecule has 1 aliphatic heterocycles. The molecule has 0 aliphatic carbocycles. The quantitative estimate of drug-likeness (QED) is 0.787. The number of para-hydroxylation sites is 1. The largest absolute Gasteiger partial charge is 0.381 e. The number of ether oxygens (including phenoxy) is 1. The number of thiocarbonyl (C=S) groups is 1. The summed E-state index contributed by atoms with van der Waals surface area (Å²) in [7, 11) is 0. The number of benzene rings is 1. The van der Waals surface area contributed by atoms with Crippen molar-refractivity contribution in [3.8, 4) is 0 Å². The monoisotopic (exact) mass is 236 g/mol. The molecule has 0 amide bonds. The zero-order valence-electron chi connectivity index (χ0n) is 9.11. The predicted molar refractivity (Wildman–Crippen MR) is 69.6 cm³/mol. The lowest BCUT2D eigenvalue weighted by Gasteiger charge is -2.13. The van der Waals surface area contributed by atoms with E-state index in [4.69, 9.17) is 17.0 Å². The Labute approximate surface area is 101 Å². The molecule has 1 atom stereocenters. The highest BCUT2D eigenvalue weighted by Crippen LogP contribution is 2.10. The molecule has 86 valence electrons. The third-order valence-corrected chi connectivity index (χ3v) is 2.85. The van der Waals surface area contributed by atoms with Crippen molar-refractivity contribution in [2.75, 3.05) is 25.1 Å². The number of hydrogen-bond acceptors (Lipinski definition) is 2. The molecule has 1 unspecified atom stereocenters. The van der Waals surface area contributed by atoms with Gasteiger partial charge in [0.15, 0.2) is 5.11 Å². The highest BCUT2D eigenvalue weighted by Gasteiger charge is 2.15. The summed E-state index contributed by atoms with van der Waals surface area (Å²) in [5.74, 6) is 0.593. The molecule has 16 heavy (non-hydrogen) atoms. The summed E-state index contributed by atoms with van der Waals surface area (Å²) in [5, 5.41) is 7.04. The van der Waals surface area contributed by atoms with E-state index in [2.05, 4.69) is 10.6 Å². The van der Waals surface area contributed by atoms with Gasteiger partial charge in [-0.25, -0.2) is 0 Å². The maximum Gasteiger partial charge on any atom is 0.170 e. The average molecular weight is 236 g/mol. The lowest BCUT2D eigenvalue weighted by Crippen LogP contribution is -2.32. The Hall–Kier alpha value is -1.13. The molecule has 3 nitrogen and oxygen atoms in total. The van der Waals surface area contributed by atoms with Gasteiger partial charge in [-0.05, 0) is 30.8 Å². The molecule has 1 aromatic carbocycles. The zero-order valence-corrected chi connectivity index (χ0v) is 9.93. The second kappa shape index (κ2) is 5.82. The predicted octanol–water partition coefficient (Wildman–Crippen LogP) is 2.01. The fourth-order valence-electron chi connectivity index (χ4n) is 1.68. The molecule has 1 fully saturated rings. The van der Waals surface area contributed by atoms with E-state index in [0.29, 0.717) is 11.0 Å². The first-order chi connectivity index (χ1) is 7.84. The van der Waals surface area contributed by atoms with Crippen LogP contribution in [0.25, 0.3) is 0 Å². The van der Waals surface area contributed by atoms with Crippen LogP contribution in [0.5, 0.6) is 0 Å². The topological polar surface area (TPSA) is 33.3 Å². The van der Waals surface area contributed by atoms with Crippen molar-refractivity contribution in [1.29, 1.82) is 0 Å². The standard InChI is InChI=1S/C12H16N2OS/c16-12(13-8-10-6-7-15-9-10)14-11-4-2-1-3-5-11/h1-5,10H,6-9H2,(H2,13,14,16). The van der Waals surface area contributed by atoms with Gasteiger partial charge in [0.1, 0.15) is 0 Å². The van der Waals surface area contributed by atoms with Crippen LogP contribution in [0.15, 0.2) is 30.3 Å². The first-order valence-corrected chi connectivity index (χ1v) is 5.93. The molecule has 0 aromatic heterocycles. The van der Waals surface area contributed by atoms with E-state index in [1.807, 2.05) is 30.3 Å². The van der Waals surface area contributed by atoms with Crippen LogP contribution in [0.4, 0.5) is 5.69 Å². The molecule has 0 spiro atoms. The summed E-state index contributed by atoms with van der Waals surface area (Å²) in [4.78, 5) is 0. The Morgan fingerprint density at radius 3 is 2.88 bits per heavy atom. The van der Waals surface area contributed by atoms with E-state index in [-0.39, 0.29) is 0 Å². The van der Waals surface area contributed by atoms with Crippen molar-refractivity contribution in [3.63, 3.8) is 0 Å².